The minimum absolute atomic E-state index is 0.00403. The van der Waals surface area contributed by atoms with Crippen LogP contribution in [0.4, 0.5) is 0 Å². The molecule has 1 aliphatic carbocycles. The van der Waals surface area contributed by atoms with Gasteiger partial charge in [0.15, 0.2) is 11.5 Å². The van der Waals surface area contributed by atoms with Gasteiger partial charge >= 0.3 is 0 Å². The highest BCUT2D eigenvalue weighted by molar-refractivity contribution is 5.76. The molecule has 1 atom stereocenters. The number of ether oxygens (including phenoxy) is 2. The number of carbonyl (C=O) groups excluding carboxylic acids is 1. The summed E-state index contributed by atoms with van der Waals surface area (Å²) in [7, 11) is 0. The first-order valence-corrected chi connectivity index (χ1v) is 9.83. The largest absolute Gasteiger partial charge is 0.486 e. The third kappa shape index (κ3) is 4.40. The molecule has 144 valence electrons. The molecule has 7 nitrogen and oxygen atoms in total. The van der Waals surface area contributed by atoms with Gasteiger partial charge in [-0.1, -0.05) is 31.4 Å². The number of para-hydroxylation sites is 2. The Morgan fingerprint density at radius 3 is 2.85 bits per heavy atom. The van der Waals surface area contributed by atoms with Gasteiger partial charge in [-0.15, -0.1) is 0 Å². The van der Waals surface area contributed by atoms with Crippen LogP contribution in [0, 0.1) is 0 Å². The van der Waals surface area contributed by atoms with E-state index in [0.717, 1.165) is 30.2 Å². The number of amides is 1. The lowest BCUT2D eigenvalue weighted by Gasteiger charge is -2.26. The molecule has 7 heteroatoms. The summed E-state index contributed by atoms with van der Waals surface area (Å²) in [6.45, 7) is 0.871. The molecule has 0 radical (unpaired) electrons. The fourth-order valence-electron chi connectivity index (χ4n) is 3.79. The molecule has 2 heterocycles. The third-order valence-electron chi connectivity index (χ3n) is 5.24. The van der Waals surface area contributed by atoms with Gasteiger partial charge in [0.25, 0.3) is 0 Å². The van der Waals surface area contributed by atoms with E-state index in [1.807, 2.05) is 28.9 Å². The van der Waals surface area contributed by atoms with Gasteiger partial charge in [-0.3, -0.25) is 4.79 Å². The van der Waals surface area contributed by atoms with Crippen molar-refractivity contribution in [1.29, 1.82) is 0 Å². The van der Waals surface area contributed by atoms with Gasteiger partial charge in [-0.05, 0) is 25.0 Å². The van der Waals surface area contributed by atoms with Crippen molar-refractivity contribution in [3.63, 3.8) is 0 Å². The lowest BCUT2D eigenvalue weighted by atomic mass is 9.95. The number of rotatable bonds is 6. The Morgan fingerprint density at radius 1 is 1.19 bits per heavy atom. The quantitative estimate of drug-likeness (QED) is 0.846. The fourth-order valence-corrected chi connectivity index (χ4v) is 3.79. The smallest absolute Gasteiger partial charge is 0.220 e. The maximum atomic E-state index is 12.2. The molecule has 1 fully saturated rings. The molecule has 1 aliphatic heterocycles. The average Bonchev–Trinajstić information content (AvgIpc) is 3.20. The predicted molar refractivity (Wildman–Crippen MR) is 99.8 cm³/mol. The van der Waals surface area contributed by atoms with Crippen molar-refractivity contribution in [2.45, 2.75) is 57.1 Å². The van der Waals surface area contributed by atoms with E-state index >= 15 is 0 Å². The number of nitrogens with zero attached hydrogens (tertiary/aromatic N) is 3. The Kier molecular flexibility index (Phi) is 5.55. The maximum absolute atomic E-state index is 12.2. The van der Waals surface area contributed by atoms with Crippen LogP contribution in [-0.4, -0.2) is 39.9 Å². The molecule has 0 saturated heterocycles. The molecule has 1 aromatic heterocycles. The number of nitrogens with one attached hydrogen (secondary N) is 1. The summed E-state index contributed by atoms with van der Waals surface area (Å²) in [5, 5.41) is 7.34. The van der Waals surface area contributed by atoms with Crippen molar-refractivity contribution >= 4 is 5.91 Å². The van der Waals surface area contributed by atoms with Crippen molar-refractivity contribution in [2.24, 2.45) is 0 Å². The van der Waals surface area contributed by atoms with Crippen molar-refractivity contribution in [3.05, 3.63) is 36.4 Å². The highest BCUT2D eigenvalue weighted by atomic mass is 16.6. The van der Waals surface area contributed by atoms with Crippen LogP contribution in [0.5, 0.6) is 11.5 Å². The SMILES string of the molecule is O=C(CCc1ncnn1C1CCCCC1)NC[C@H]1COc2ccccc2O1. The lowest BCUT2D eigenvalue weighted by Crippen LogP contribution is -2.40. The van der Waals surface area contributed by atoms with Gasteiger partial charge in [-0.25, -0.2) is 9.67 Å². The zero-order chi connectivity index (χ0) is 18.5. The fraction of sp³-hybridized carbons (Fsp3) is 0.550. The summed E-state index contributed by atoms with van der Waals surface area (Å²) < 4.78 is 13.6. The van der Waals surface area contributed by atoms with Gasteiger partial charge in [0, 0.05) is 12.8 Å². The van der Waals surface area contributed by atoms with Crippen molar-refractivity contribution in [2.75, 3.05) is 13.2 Å². The van der Waals surface area contributed by atoms with E-state index in [0.29, 0.717) is 32.0 Å². The Bertz CT molecular complexity index is 770. The highest BCUT2D eigenvalue weighted by Gasteiger charge is 2.22. The Morgan fingerprint density at radius 2 is 2.00 bits per heavy atom. The van der Waals surface area contributed by atoms with Crippen molar-refractivity contribution in [1.82, 2.24) is 20.1 Å². The van der Waals surface area contributed by atoms with Gasteiger partial charge < -0.3 is 14.8 Å². The molecule has 1 aromatic carbocycles. The molecular formula is C20H26N4O3. The topological polar surface area (TPSA) is 78.3 Å². The molecule has 2 aromatic rings. The van der Waals surface area contributed by atoms with Crippen LogP contribution in [0.25, 0.3) is 0 Å². The van der Waals surface area contributed by atoms with Gasteiger partial charge in [-0.2, -0.15) is 5.10 Å². The molecular weight excluding hydrogens is 344 g/mol. The minimum Gasteiger partial charge on any atom is -0.486 e. The second-order valence-corrected chi connectivity index (χ2v) is 7.21. The maximum Gasteiger partial charge on any atom is 0.220 e. The normalized spacial score (nSPS) is 19.6. The molecule has 1 N–H and O–H groups in total. The standard InChI is InChI=1S/C20H26N4O3/c25-20(21-12-16-13-26-17-8-4-5-9-18(17)27-16)11-10-19-22-14-23-24(19)15-6-2-1-3-7-15/h4-5,8-9,14-16H,1-3,6-7,10-13H2,(H,21,25)/t16-/m0/s1. The molecule has 1 saturated carbocycles. The van der Waals surface area contributed by atoms with Gasteiger partial charge in [0.1, 0.15) is 24.9 Å². The zero-order valence-corrected chi connectivity index (χ0v) is 15.5. The molecule has 27 heavy (non-hydrogen) atoms. The minimum atomic E-state index is -0.172. The summed E-state index contributed by atoms with van der Waals surface area (Å²) in [5.41, 5.74) is 0. The van der Waals surface area contributed by atoms with Crippen LogP contribution in [0.2, 0.25) is 0 Å². The summed E-state index contributed by atoms with van der Waals surface area (Å²) in [6.07, 6.45) is 8.55. The lowest BCUT2D eigenvalue weighted by molar-refractivity contribution is -0.121. The Hall–Kier alpha value is -2.57. The van der Waals surface area contributed by atoms with Crippen molar-refractivity contribution in [3.8, 4) is 11.5 Å². The van der Waals surface area contributed by atoms with Crippen LogP contribution in [0.3, 0.4) is 0 Å². The van der Waals surface area contributed by atoms with E-state index in [1.54, 1.807) is 6.33 Å². The first-order chi connectivity index (χ1) is 13.3. The molecule has 2 aliphatic rings. The first-order valence-electron chi connectivity index (χ1n) is 9.83. The molecule has 0 bridgehead atoms. The number of fused-ring (bicyclic) bond motifs is 1. The summed E-state index contributed by atoms with van der Waals surface area (Å²) in [6, 6.07) is 8.02. The van der Waals surface area contributed by atoms with E-state index in [1.165, 1.54) is 19.3 Å². The van der Waals surface area contributed by atoms with E-state index in [2.05, 4.69) is 15.4 Å². The first kappa shape index (κ1) is 17.8. The van der Waals surface area contributed by atoms with Crippen LogP contribution < -0.4 is 14.8 Å². The molecule has 0 unspecified atom stereocenters. The van der Waals surface area contributed by atoms with Gasteiger partial charge in [0.2, 0.25) is 5.91 Å². The predicted octanol–water partition coefficient (Wildman–Crippen LogP) is 2.67. The average molecular weight is 370 g/mol. The van der Waals surface area contributed by atoms with Gasteiger partial charge in [0.05, 0.1) is 12.6 Å². The Labute approximate surface area is 159 Å². The Balaban J connectivity index is 1.23. The van der Waals surface area contributed by atoms with E-state index in [4.69, 9.17) is 9.47 Å². The molecule has 1 amide bonds. The molecule has 4 rings (SSSR count). The van der Waals surface area contributed by atoms with E-state index < -0.39 is 0 Å². The molecule has 0 spiro atoms. The second-order valence-electron chi connectivity index (χ2n) is 7.21. The van der Waals surface area contributed by atoms with E-state index in [9.17, 15) is 4.79 Å². The summed E-state index contributed by atoms with van der Waals surface area (Å²) >= 11 is 0. The third-order valence-corrected chi connectivity index (χ3v) is 5.24. The highest BCUT2D eigenvalue weighted by Crippen LogP contribution is 2.30. The zero-order valence-electron chi connectivity index (χ0n) is 15.5. The summed E-state index contributed by atoms with van der Waals surface area (Å²) in [4.78, 5) is 16.6. The summed E-state index contributed by atoms with van der Waals surface area (Å²) in [5.74, 6) is 2.38. The second kappa shape index (κ2) is 8.41. The van der Waals surface area contributed by atoms with Crippen molar-refractivity contribution < 1.29 is 14.3 Å². The van der Waals surface area contributed by atoms with Crippen LogP contribution >= 0.6 is 0 Å². The van der Waals surface area contributed by atoms with Crippen LogP contribution in [0.1, 0.15) is 50.4 Å². The number of benzene rings is 1. The monoisotopic (exact) mass is 370 g/mol. The van der Waals surface area contributed by atoms with Crippen LogP contribution in [-0.2, 0) is 11.2 Å². The number of aryl methyl sites for hydroxylation is 1. The number of carbonyl (C=O) groups is 1. The van der Waals surface area contributed by atoms with Crippen LogP contribution in [0.15, 0.2) is 30.6 Å². The number of hydrogen-bond acceptors (Lipinski definition) is 5. The van der Waals surface area contributed by atoms with E-state index in [-0.39, 0.29) is 12.0 Å². The number of hydrogen-bond donors (Lipinski definition) is 1. The number of aromatic nitrogens is 3.